The summed E-state index contributed by atoms with van der Waals surface area (Å²) in [6.07, 6.45) is 1.07. The van der Waals surface area contributed by atoms with Gasteiger partial charge in [-0.05, 0) is 57.5 Å². The van der Waals surface area contributed by atoms with E-state index in [1.54, 1.807) is 6.07 Å². The molecule has 1 aliphatic carbocycles. The van der Waals surface area contributed by atoms with Crippen LogP contribution in [0, 0.1) is 0 Å². The van der Waals surface area contributed by atoms with Gasteiger partial charge in [0, 0.05) is 53.5 Å². The maximum absolute atomic E-state index is 13.2. The molecule has 1 heterocycles. The van der Waals surface area contributed by atoms with Crippen LogP contribution in [0.1, 0.15) is 38.1 Å². The second-order valence-electron chi connectivity index (χ2n) is 9.24. The summed E-state index contributed by atoms with van der Waals surface area (Å²) in [5.41, 5.74) is 4.79. The number of benzene rings is 3. The van der Waals surface area contributed by atoms with Gasteiger partial charge in [-0.2, -0.15) is 0 Å². The zero-order chi connectivity index (χ0) is 28.6. The van der Waals surface area contributed by atoms with Gasteiger partial charge in [-0.25, -0.2) is 14.2 Å². The van der Waals surface area contributed by atoms with Gasteiger partial charge < -0.3 is 18.8 Å². The first kappa shape index (κ1) is 28.6. The lowest BCUT2D eigenvalue weighted by Crippen LogP contribution is -2.29. The molecule has 40 heavy (non-hydrogen) atoms. The molecule has 0 spiro atoms. The van der Waals surface area contributed by atoms with Gasteiger partial charge in [-0.3, -0.25) is 0 Å². The van der Waals surface area contributed by atoms with Crippen LogP contribution in [0.5, 0.6) is 0 Å². The van der Waals surface area contributed by atoms with E-state index in [4.69, 9.17) is 13.9 Å². The SMILES string of the molecule is C=CC(=O)OCCOC(=O)c1ccccc1-c1c2ccc(=[N+](CC)CC)cc-2oc2cc(N(CC)CC)ccc12. The van der Waals surface area contributed by atoms with Crippen molar-refractivity contribution in [3.8, 4) is 22.5 Å². The van der Waals surface area contributed by atoms with E-state index in [0.717, 1.165) is 76.7 Å². The largest absolute Gasteiger partial charge is 0.459 e. The molecule has 7 nitrogen and oxygen atoms in total. The van der Waals surface area contributed by atoms with Crippen molar-refractivity contribution in [2.75, 3.05) is 44.3 Å². The summed E-state index contributed by atoms with van der Waals surface area (Å²) in [5, 5.41) is 1.98. The minimum atomic E-state index is -0.560. The molecule has 0 fully saturated rings. The molecule has 2 aromatic rings. The van der Waals surface area contributed by atoms with Crippen molar-refractivity contribution < 1.29 is 23.5 Å². The van der Waals surface area contributed by atoms with Crippen LogP contribution in [0.3, 0.4) is 0 Å². The van der Waals surface area contributed by atoms with E-state index in [-0.39, 0.29) is 13.2 Å². The number of hydrogen-bond acceptors (Lipinski definition) is 6. The highest BCUT2D eigenvalue weighted by molar-refractivity contribution is 6.08. The minimum absolute atomic E-state index is 0.0445. The molecule has 208 valence electrons. The van der Waals surface area contributed by atoms with Crippen molar-refractivity contribution in [3.05, 3.63) is 84.2 Å². The summed E-state index contributed by atoms with van der Waals surface area (Å²) in [7, 11) is 0. The molecule has 1 aliphatic heterocycles. The molecule has 0 saturated heterocycles. The number of nitrogens with zero attached hydrogens (tertiary/aromatic N) is 2. The normalized spacial score (nSPS) is 10.9. The average Bonchev–Trinajstić information content (AvgIpc) is 2.99. The third-order valence-electron chi connectivity index (χ3n) is 7.09. The van der Waals surface area contributed by atoms with E-state index >= 15 is 0 Å². The molecule has 0 saturated carbocycles. The van der Waals surface area contributed by atoms with Crippen molar-refractivity contribution in [3.63, 3.8) is 0 Å². The molecular formula is C33H37N2O5+. The monoisotopic (exact) mass is 541 g/mol. The summed E-state index contributed by atoms with van der Waals surface area (Å²) >= 11 is 0. The predicted octanol–water partition coefficient (Wildman–Crippen LogP) is 5.75. The van der Waals surface area contributed by atoms with Crippen molar-refractivity contribution in [2.45, 2.75) is 27.7 Å². The van der Waals surface area contributed by atoms with E-state index in [9.17, 15) is 9.59 Å². The van der Waals surface area contributed by atoms with Crippen molar-refractivity contribution in [1.29, 1.82) is 0 Å². The van der Waals surface area contributed by atoms with Gasteiger partial charge >= 0.3 is 11.9 Å². The molecule has 2 aromatic carbocycles. The van der Waals surface area contributed by atoms with Gasteiger partial charge in [0.25, 0.3) is 0 Å². The van der Waals surface area contributed by atoms with Crippen LogP contribution in [-0.4, -0.2) is 51.3 Å². The predicted molar refractivity (Wildman–Crippen MR) is 160 cm³/mol. The topological polar surface area (TPSA) is 72.0 Å². The molecule has 0 amide bonds. The number of ether oxygens (including phenoxy) is 2. The van der Waals surface area contributed by atoms with Crippen LogP contribution in [-0.2, 0) is 14.3 Å². The Morgan fingerprint density at radius 2 is 1.62 bits per heavy atom. The number of carbonyl (C=O) groups excluding carboxylic acids is 2. The quantitative estimate of drug-likeness (QED) is 0.0792. The Morgan fingerprint density at radius 3 is 2.33 bits per heavy atom. The average molecular weight is 542 g/mol. The van der Waals surface area contributed by atoms with Gasteiger partial charge in [0.15, 0.2) is 0 Å². The van der Waals surface area contributed by atoms with Gasteiger partial charge in [0.1, 0.15) is 37.6 Å². The van der Waals surface area contributed by atoms with E-state index in [0.29, 0.717) is 5.56 Å². The first-order valence-electron chi connectivity index (χ1n) is 13.8. The maximum Gasteiger partial charge on any atom is 0.338 e. The van der Waals surface area contributed by atoms with Crippen molar-refractivity contribution in [2.24, 2.45) is 0 Å². The Bertz CT molecular complexity index is 1560. The first-order chi connectivity index (χ1) is 19.4. The third-order valence-corrected chi connectivity index (χ3v) is 7.09. The zero-order valence-electron chi connectivity index (χ0n) is 23.7. The number of anilines is 1. The smallest absolute Gasteiger partial charge is 0.338 e. The molecule has 2 aliphatic rings. The number of hydrogen-bond donors (Lipinski definition) is 0. The Morgan fingerprint density at radius 1 is 0.900 bits per heavy atom. The Balaban J connectivity index is 1.91. The third kappa shape index (κ3) is 5.93. The molecule has 0 unspecified atom stereocenters. The number of rotatable bonds is 11. The van der Waals surface area contributed by atoms with Gasteiger partial charge in [0.05, 0.1) is 11.6 Å². The molecular weight excluding hydrogens is 504 g/mol. The van der Waals surface area contributed by atoms with Crippen LogP contribution in [0.4, 0.5) is 5.69 Å². The van der Waals surface area contributed by atoms with Gasteiger partial charge in [-0.15, -0.1) is 0 Å². The fourth-order valence-corrected chi connectivity index (χ4v) is 5.02. The molecule has 0 radical (unpaired) electrons. The Hall–Kier alpha value is -4.39. The minimum Gasteiger partial charge on any atom is -0.459 e. The summed E-state index contributed by atoms with van der Waals surface area (Å²) in [6.45, 7) is 15.3. The first-order valence-corrected chi connectivity index (χ1v) is 13.8. The maximum atomic E-state index is 13.2. The number of fused-ring (bicyclic) bond motifs is 2. The van der Waals surface area contributed by atoms with E-state index in [1.165, 1.54) is 0 Å². The Kier molecular flexibility index (Phi) is 9.38. The standard InChI is InChI=1S/C33H37N2O5/c1-6-31(36)38-19-20-39-33(37)26-14-12-11-13-25(26)32-27-17-15-23(34(7-2)8-3)21-29(27)40-30-22-24(16-18-28(30)32)35(9-4)10-5/h6,11-18,21-22H,1,7-10,19-20H2,2-5H3/q+1. The van der Waals surface area contributed by atoms with E-state index in [2.05, 4.69) is 80.1 Å². The molecule has 0 bridgehead atoms. The molecule has 0 atom stereocenters. The lowest BCUT2D eigenvalue weighted by atomic mass is 9.90. The van der Waals surface area contributed by atoms with E-state index in [1.807, 2.05) is 18.2 Å². The fourth-order valence-electron chi connectivity index (χ4n) is 5.02. The summed E-state index contributed by atoms with van der Waals surface area (Å²) in [6, 6.07) is 19.9. The second-order valence-corrected chi connectivity index (χ2v) is 9.24. The van der Waals surface area contributed by atoms with Crippen LogP contribution in [0.2, 0.25) is 0 Å². The second kappa shape index (κ2) is 13.1. The van der Waals surface area contributed by atoms with E-state index < -0.39 is 11.9 Å². The highest BCUT2D eigenvalue weighted by Gasteiger charge is 2.23. The lowest BCUT2D eigenvalue weighted by Gasteiger charge is -2.22. The summed E-state index contributed by atoms with van der Waals surface area (Å²) in [4.78, 5) is 26.8. The molecule has 4 rings (SSSR count). The van der Waals surface area contributed by atoms with Crippen LogP contribution in [0.15, 0.2) is 77.7 Å². The number of esters is 2. The van der Waals surface area contributed by atoms with Crippen LogP contribution < -0.4 is 14.8 Å². The highest BCUT2D eigenvalue weighted by atomic mass is 16.6. The Labute approximate surface area is 235 Å². The number of carbonyl (C=O) groups is 2. The highest BCUT2D eigenvalue weighted by Crippen LogP contribution is 2.42. The van der Waals surface area contributed by atoms with Crippen LogP contribution in [0.25, 0.3) is 33.4 Å². The fraction of sp³-hybridized carbons (Fsp3) is 0.303. The van der Waals surface area contributed by atoms with Gasteiger partial charge in [-0.1, -0.05) is 24.8 Å². The molecule has 0 aromatic heterocycles. The summed E-state index contributed by atoms with van der Waals surface area (Å²) in [5.74, 6) is -0.314. The van der Waals surface area contributed by atoms with Crippen molar-refractivity contribution in [1.82, 2.24) is 4.58 Å². The zero-order valence-corrected chi connectivity index (χ0v) is 23.7. The van der Waals surface area contributed by atoms with Gasteiger partial charge in [0.2, 0.25) is 5.36 Å². The van der Waals surface area contributed by atoms with Crippen molar-refractivity contribution >= 4 is 28.6 Å². The summed E-state index contributed by atoms with van der Waals surface area (Å²) < 4.78 is 19.3. The molecule has 7 heteroatoms. The molecule has 0 N–H and O–H groups in total. The lowest BCUT2D eigenvalue weighted by molar-refractivity contribution is -0.138. The van der Waals surface area contributed by atoms with Crippen LogP contribution >= 0.6 is 0 Å².